The van der Waals surface area contributed by atoms with Crippen LogP contribution in [0.5, 0.6) is 0 Å². The second-order valence-corrected chi connectivity index (χ2v) is 6.80. The van der Waals surface area contributed by atoms with Crippen LogP contribution in [-0.2, 0) is 4.74 Å². The smallest absolute Gasteiger partial charge is 0.162 e. The zero-order valence-electron chi connectivity index (χ0n) is 13.2. The molecule has 1 aliphatic rings. The Hall–Kier alpha value is -1.35. The number of carbonyl (C=O) groups is 1. The minimum Gasteiger partial charge on any atom is -0.366 e. The van der Waals surface area contributed by atoms with Gasteiger partial charge in [0.1, 0.15) is 0 Å². The van der Waals surface area contributed by atoms with E-state index in [2.05, 4.69) is 32.6 Å². The Bertz CT molecular complexity index is 472. The Morgan fingerprint density at radius 1 is 1.10 bits per heavy atom. The number of ketones is 1. The molecule has 1 saturated heterocycles. The van der Waals surface area contributed by atoms with Crippen molar-refractivity contribution in [1.29, 1.82) is 0 Å². The quantitative estimate of drug-likeness (QED) is 0.788. The molecule has 1 fully saturated rings. The minimum atomic E-state index is -0.167. The summed E-state index contributed by atoms with van der Waals surface area (Å²) in [4.78, 5) is 14.0. The Kier molecular flexibility index (Phi) is 3.92. The highest BCUT2D eigenvalue weighted by molar-refractivity contribution is 5.96. The third kappa shape index (κ3) is 3.40. The fraction of sp³-hybridized carbons (Fsp3) is 0.588. The van der Waals surface area contributed by atoms with Crippen molar-refractivity contribution in [3.05, 3.63) is 29.8 Å². The first-order valence-electron chi connectivity index (χ1n) is 7.31. The van der Waals surface area contributed by atoms with Gasteiger partial charge < -0.3 is 9.64 Å². The van der Waals surface area contributed by atoms with Gasteiger partial charge in [0, 0.05) is 30.8 Å². The maximum atomic E-state index is 11.7. The molecule has 0 aromatic heterocycles. The number of hydrogen-bond donors (Lipinski definition) is 0. The largest absolute Gasteiger partial charge is 0.366 e. The summed E-state index contributed by atoms with van der Waals surface area (Å²) in [5.41, 5.74) is 1.62. The molecule has 0 aliphatic carbocycles. The van der Waals surface area contributed by atoms with E-state index in [-0.39, 0.29) is 17.0 Å². The molecule has 0 atom stereocenters. The molecule has 1 aliphatic heterocycles. The van der Waals surface area contributed by atoms with E-state index in [1.165, 1.54) is 0 Å². The van der Waals surface area contributed by atoms with Crippen LogP contribution < -0.4 is 4.90 Å². The Morgan fingerprint density at radius 3 is 2.05 bits per heavy atom. The Labute approximate surface area is 121 Å². The average Bonchev–Trinajstić information content (AvgIpc) is 2.34. The van der Waals surface area contributed by atoms with Crippen molar-refractivity contribution < 1.29 is 9.53 Å². The Balaban J connectivity index is 2.21. The fourth-order valence-corrected chi connectivity index (χ4v) is 3.03. The van der Waals surface area contributed by atoms with Gasteiger partial charge >= 0.3 is 0 Å². The van der Waals surface area contributed by atoms with Crippen LogP contribution in [-0.4, -0.2) is 30.1 Å². The highest BCUT2D eigenvalue weighted by Gasteiger charge is 2.38. The van der Waals surface area contributed by atoms with Gasteiger partial charge in [-0.2, -0.15) is 0 Å². The van der Waals surface area contributed by atoms with Crippen molar-refractivity contribution in [1.82, 2.24) is 0 Å². The number of benzene rings is 1. The van der Waals surface area contributed by atoms with Crippen molar-refractivity contribution in [3.63, 3.8) is 0 Å². The zero-order chi connectivity index (χ0) is 15.0. The highest BCUT2D eigenvalue weighted by Crippen LogP contribution is 2.31. The molecule has 20 heavy (non-hydrogen) atoms. The molecule has 1 aromatic carbocycles. The molecular formula is C17H25NO2. The van der Waals surface area contributed by atoms with E-state index in [1.807, 2.05) is 31.2 Å². The number of Topliss-reactive ketones (excluding diaryl/α,β-unsaturated/α-hetero) is 1. The lowest BCUT2D eigenvalue weighted by molar-refractivity contribution is -0.133. The summed E-state index contributed by atoms with van der Waals surface area (Å²) in [5.74, 6) is 0.194. The van der Waals surface area contributed by atoms with Crippen LogP contribution in [0.2, 0.25) is 0 Å². The molecule has 0 unspecified atom stereocenters. The normalized spacial score (nSPS) is 20.8. The first-order valence-corrected chi connectivity index (χ1v) is 7.31. The number of morpholine rings is 1. The molecule has 0 spiro atoms. The molecule has 2 rings (SSSR count). The van der Waals surface area contributed by atoms with Gasteiger partial charge in [-0.25, -0.2) is 0 Å². The van der Waals surface area contributed by atoms with Crippen molar-refractivity contribution >= 4 is 11.5 Å². The molecule has 3 heteroatoms. The van der Waals surface area contributed by atoms with E-state index in [4.69, 9.17) is 4.74 Å². The summed E-state index contributed by atoms with van der Waals surface area (Å²) in [7, 11) is 0. The van der Waals surface area contributed by atoms with Gasteiger partial charge in [0.2, 0.25) is 0 Å². The second kappa shape index (κ2) is 5.21. The van der Waals surface area contributed by atoms with Gasteiger partial charge in [-0.3, -0.25) is 4.79 Å². The first kappa shape index (κ1) is 15.0. The predicted molar refractivity (Wildman–Crippen MR) is 82.5 cm³/mol. The molecular weight excluding hydrogens is 250 g/mol. The fourth-order valence-electron chi connectivity index (χ4n) is 3.03. The summed E-state index contributed by atoms with van der Waals surface area (Å²) in [6, 6.07) is 7.94. The highest BCUT2D eigenvalue weighted by atomic mass is 16.5. The molecule has 3 nitrogen and oxygen atoms in total. The maximum absolute atomic E-state index is 11.7. The van der Waals surface area contributed by atoms with Crippen molar-refractivity contribution in [2.75, 3.05) is 18.0 Å². The molecule has 0 N–H and O–H groups in total. The van der Waals surface area contributed by atoms with E-state index in [1.54, 1.807) is 0 Å². The van der Waals surface area contributed by atoms with E-state index in [9.17, 15) is 4.79 Å². The SMILES string of the molecule is CCC(=O)c1ccc(N2CC(C)(C)OC(C)(C)C2)cc1. The van der Waals surface area contributed by atoms with Crippen molar-refractivity contribution in [2.24, 2.45) is 0 Å². The predicted octanol–water partition coefficient (Wildman–Crippen LogP) is 3.67. The molecule has 0 saturated carbocycles. The van der Waals surface area contributed by atoms with Crippen molar-refractivity contribution in [3.8, 4) is 0 Å². The second-order valence-electron chi connectivity index (χ2n) is 6.80. The lowest BCUT2D eigenvalue weighted by atomic mass is 9.98. The van der Waals surface area contributed by atoms with Crippen LogP contribution >= 0.6 is 0 Å². The third-order valence-electron chi connectivity index (χ3n) is 3.57. The van der Waals surface area contributed by atoms with E-state index in [0.29, 0.717) is 6.42 Å². The number of anilines is 1. The minimum absolute atomic E-state index is 0.167. The Morgan fingerprint density at radius 2 is 1.60 bits per heavy atom. The topological polar surface area (TPSA) is 29.5 Å². The summed E-state index contributed by atoms with van der Waals surface area (Å²) < 4.78 is 6.10. The van der Waals surface area contributed by atoms with Crippen LogP contribution in [0.25, 0.3) is 0 Å². The number of nitrogens with zero attached hydrogens (tertiary/aromatic N) is 1. The number of hydrogen-bond acceptors (Lipinski definition) is 3. The van der Waals surface area contributed by atoms with Crippen LogP contribution in [0.1, 0.15) is 51.4 Å². The van der Waals surface area contributed by atoms with Gasteiger partial charge in [-0.15, -0.1) is 0 Å². The van der Waals surface area contributed by atoms with Crippen molar-refractivity contribution in [2.45, 2.75) is 52.2 Å². The third-order valence-corrected chi connectivity index (χ3v) is 3.57. The van der Waals surface area contributed by atoms with Crippen LogP contribution in [0, 0.1) is 0 Å². The zero-order valence-corrected chi connectivity index (χ0v) is 13.2. The maximum Gasteiger partial charge on any atom is 0.162 e. The van der Waals surface area contributed by atoms with Gasteiger partial charge in [-0.05, 0) is 52.0 Å². The monoisotopic (exact) mass is 275 g/mol. The molecule has 110 valence electrons. The van der Waals surface area contributed by atoms with E-state index >= 15 is 0 Å². The summed E-state index contributed by atoms with van der Waals surface area (Å²) in [6.45, 7) is 12.1. The van der Waals surface area contributed by atoms with E-state index < -0.39 is 0 Å². The van der Waals surface area contributed by atoms with Gasteiger partial charge in [0.05, 0.1) is 11.2 Å². The molecule has 1 heterocycles. The van der Waals surface area contributed by atoms with Crippen LogP contribution in [0.3, 0.4) is 0 Å². The molecule has 0 amide bonds. The van der Waals surface area contributed by atoms with E-state index in [0.717, 1.165) is 24.3 Å². The average molecular weight is 275 g/mol. The number of rotatable bonds is 3. The lowest BCUT2D eigenvalue weighted by Crippen LogP contribution is -2.57. The van der Waals surface area contributed by atoms with Crippen LogP contribution in [0.4, 0.5) is 5.69 Å². The number of ether oxygens (including phenoxy) is 1. The van der Waals surface area contributed by atoms with Gasteiger partial charge in [-0.1, -0.05) is 6.92 Å². The lowest BCUT2D eigenvalue weighted by Gasteiger charge is -2.48. The van der Waals surface area contributed by atoms with Gasteiger partial charge in [0.15, 0.2) is 5.78 Å². The molecule has 1 aromatic rings. The van der Waals surface area contributed by atoms with Gasteiger partial charge in [0.25, 0.3) is 0 Å². The summed E-state index contributed by atoms with van der Waals surface area (Å²) in [5, 5.41) is 0. The first-order chi connectivity index (χ1) is 9.22. The molecule has 0 radical (unpaired) electrons. The summed E-state index contributed by atoms with van der Waals surface area (Å²) in [6.07, 6.45) is 0.553. The van der Waals surface area contributed by atoms with Crippen LogP contribution in [0.15, 0.2) is 24.3 Å². The standard InChI is InChI=1S/C17H25NO2/c1-6-15(19)13-7-9-14(10-8-13)18-11-16(2,3)20-17(4,5)12-18/h7-10H,6,11-12H2,1-5H3. The molecule has 0 bridgehead atoms. The number of carbonyl (C=O) groups excluding carboxylic acids is 1. The summed E-state index contributed by atoms with van der Waals surface area (Å²) >= 11 is 0.